The van der Waals surface area contributed by atoms with Crippen molar-refractivity contribution >= 4 is 11.7 Å². The third-order valence-electron chi connectivity index (χ3n) is 2.89. The van der Waals surface area contributed by atoms with Crippen LogP contribution in [0.25, 0.3) is 0 Å². The van der Waals surface area contributed by atoms with E-state index in [-0.39, 0.29) is 11.7 Å². The van der Waals surface area contributed by atoms with Crippen LogP contribution >= 0.6 is 0 Å². The molecule has 1 aromatic rings. The lowest BCUT2D eigenvalue weighted by molar-refractivity contribution is 0.0699. The number of carbonyl (C=O) groups excluding carboxylic acids is 1. The van der Waals surface area contributed by atoms with E-state index in [4.69, 9.17) is 20.1 Å². The molecule has 0 spiro atoms. The summed E-state index contributed by atoms with van der Waals surface area (Å²) in [7, 11) is 1.57. The lowest BCUT2D eigenvalue weighted by Gasteiger charge is -2.21. The fourth-order valence-corrected chi connectivity index (χ4v) is 1.83. The zero-order valence-electron chi connectivity index (χ0n) is 12.0. The topological polar surface area (TPSA) is 101 Å². The van der Waals surface area contributed by atoms with Crippen molar-refractivity contribution in [1.82, 2.24) is 4.90 Å². The van der Waals surface area contributed by atoms with Crippen LogP contribution in [0.4, 0.5) is 0 Å². The van der Waals surface area contributed by atoms with E-state index in [1.54, 1.807) is 31.9 Å². The van der Waals surface area contributed by atoms with Crippen LogP contribution in [0.15, 0.2) is 15.6 Å². The first-order chi connectivity index (χ1) is 9.49. The second kappa shape index (κ2) is 7.54. The number of carbonyl (C=O) groups is 1. The molecule has 7 nitrogen and oxygen atoms in total. The summed E-state index contributed by atoms with van der Waals surface area (Å²) in [6.07, 6.45) is 0.293. The van der Waals surface area contributed by atoms with Crippen LogP contribution in [-0.2, 0) is 4.74 Å². The predicted molar refractivity (Wildman–Crippen MR) is 74.0 cm³/mol. The number of furan rings is 1. The first-order valence-electron chi connectivity index (χ1n) is 6.31. The van der Waals surface area contributed by atoms with Gasteiger partial charge < -0.3 is 25.0 Å². The lowest BCUT2D eigenvalue weighted by Crippen LogP contribution is -2.36. The molecule has 0 saturated carbocycles. The highest BCUT2D eigenvalue weighted by Crippen LogP contribution is 2.16. The maximum absolute atomic E-state index is 12.5. The molecule has 0 saturated heterocycles. The average Bonchev–Trinajstić information content (AvgIpc) is 2.76. The molecule has 0 aliphatic heterocycles. The molecule has 0 atom stereocenters. The van der Waals surface area contributed by atoms with Gasteiger partial charge in [-0.3, -0.25) is 4.79 Å². The van der Waals surface area contributed by atoms with Crippen molar-refractivity contribution in [2.75, 3.05) is 26.8 Å². The van der Waals surface area contributed by atoms with E-state index in [2.05, 4.69) is 5.16 Å². The molecule has 0 bridgehead atoms. The number of methoxy groups -OCH3 is 1. The van der Waals surface area contributed by atoms with Gasteiger partial charge >= 0.3 is 0 Å². The summed E-state index contributed by atoms with van der Waals surface area (Å²) in [5.41, 5.74) is 5.96. The largest absolute Gasteiger partial charge is 0.466 e. The standard InChI is InChI=1S/C13H21N3O4/c1-9-8-11(10(2)20-9)13(17)16(6-7-19-3)5-4-12(14)15-18/h8,18H,4-7H2,1-3H3,(H2,14,15). The van der Waals surface area contributed by atoms with Crippen molar-refractivity contribution in [3.05, 3.63) is 23.2 Å². The number of amidine groups is 1. The Kier molecular flexibility index (Phi) is 6.05. The van der Waals surface area contributed by atoms with E-state index in [1.165, 1.54) is 0 Å². The van der Waals surface area contributed by atoms with Gasteiger partial charge in [0.25, 0.3) is 5.91 Å². The first kappa shape index (κ1) is 16.0. The van der Waals surface area contributed by atoms with Gasteiger partial charge in [0.1, 0.15) is 17.4 Å². The van der Waals surface area contributed by atoms with Gasteiger partial charge in [0.15, 0.2) is 0 Å². The highest BCUT2D eigenvalue weighted by molar-refractivity contribution is 5.95. The lowest BCUT2D eigenvalue weighted by atomic mass is 10.2. The van der Waals surface area contributed by atoms with Gasteiger partial charge in [0.2, 0.25) is 0 Å². The molecule has 0 unspecified atom stereocenters. The van der Waals surface area contributed by atoms with Crippen LogP contribution in [0, 0.1) is 13.8 Å². The van der Waals surface area contributed by atoms with Gasteiger partial charge in [-0.15, -0.1) is 0 Å². The first-order valence-corrected chi connectivity index (χ1v) is 6.31. The Labute approximate surface area is 118 Å². The predicted octanol–water partition coefficient (Wildman–Crippen LogP) is 1.12. The summed E-state index contributed by atoms with van der Waals surface area (Å²) < 4.78 is 10.4. The Morgan fingerprint density at radius 3 is 2.70 bits per heavy atom. The number of amides is 1. The third-order valence-corrected chi connectivity index (χ3v) is 2.89. The quantitative estimate of drug-likeness (QED) is 0.338. The Balaban J connectivity index is 2.81. The molecule has 0 aliphatic carbocycles. The highest BCUT2D eigenvalue weighted by Gasteiger charge is 2.20. The SMILES string of the molecule is COCCN(CCC(N)=NO)C(=O)c1cc(C)oc1C. The van der Waals surface area contributed by atoms with Crippen molar-refractivity contribution < 1.29 is 19.2 Å². The Morgan fingerprint density at radius 2 is 2.20 bits per heavy atom. The number of ether oxygens (including phenoxy) is 1. The van der Waals surface area contributed by atoms with Gasteiger partial charge in [-0.05, 0) is 19.9 Å². The van der Waals surface area contributed by atoms with Crippen LogP contribution in [0.1, 0.15) is 28.3 Å². The van der Waals surface area contributed by atoms with Gasteiger partial charge in [0.05, 0.1) is 12.2 Å². The maximum atomic E-state index is 12.5. The Morgan fingerprint density at radius 1 is 1.50 bits per heavy atom. The van der Waals surface area contributed by atoms with Gasteiger partial charge in [-0.2, -0.15) is 0 Å². The summed E-state index contributed by atoms with van der Waals surface area (Å²) in [5, 5.41) is 11.4. The number of oxime groups is 1. The van der Waals surface area contributed by atoms with Crippen molar-refractivity contribution in [3.63, 3.8) is 0 Å². The average molecular weight is 283 g/mol. The highest BCUT2D eigenvalue weighted by atomic mass is 16.5. The fraction of sp³-hybridized carbons (Fsp3) is 0.538. The Bertz CT molecular complexity index is 482. The van der Waals surface area contributed by atoms with Gasteiger partial charge in [-0.1, -0.05) is 5.16 Å². The molecule has 1 heterocycles. The fourth-order valence-electron chi connectivity index (χ4n) is 1.83. The van der Waals surface area contributed by atoms with E-state index < -0.39 is 0 Å². The summed E-state index contributed by atoms with van der Waals surface area (Å²) in [6.45, 7) is 4.73. The molecule has 1 amide bonds. The van der Waals surface area contributed by atoms with E-state index >= 15 is 0 Å². The van der Waals surface area contributed by atoms with Gasteiger partial charge in [0, 0.05) is 26.6 Å². The maximum Gasteiger partial charge on any atom is 0.257 e. The number of rotatable bonds is 7. The molecule has 0 aliphatic rings. The number of hydrogen-bond donors (Lipinski definition) is 2. The monoisotopic (exact) mass is 283 g/mol. The molecular formula is C13H21N3O4. The number of nitrogens with zero attached hydrogens (tertiary/aromatic N) is 2. The summed E-state index contributed by atoms with van der Waals surface area (Å²) in [6, 6.07) is 1.71. The number of nitrogens with two attached hydrogens (primary N) is 1. The molecule has 0 radical (unpaired) electrons. The van der Waals surface area contributed by atoms with E-state index in [0.717, 1.165) is 0 Å². The van der Waals surface area contributed by atoms with Crippen LogP contribution in [0.5, 0.6) is 0 Å². The zero-order chi connectivity index (χ0) is 15.1. The minimum Gasteiger partial charge on any atom is -0.466 e. The Hall–Kier alpha value is -2.02. The molecule has 0 aromatic carbocycles. The third kappa shape index (κ3) is 4.27. The molecule has 20 heavy (non-hydrogen) atoms. The minimum atomic E-state index is -0.151. The molecule has 7 heteroatoms. The molecule has 3 N–H and O–H groups in total. The molecule has 0 fully saturated rings. The van der Waals surface area contributed by atoms with Crippen molar-refractivity contribution in [1.29, 1.82) is 0 Å². The summed E-state index contributed by atoms with van der Waals surface area (Å²) in [4.78, 5) is 14.0. The molecular weight excluding hydrogens is 262 g/mol. The van der Waals surface area contributed by atoms with Crippen molar-refractivity contribution in [2.24, 2.45) is 10.9 Å². The van der Waals surface area contributed by atoms with Crippen molar-refractivity contribution in [3.8, 4) is 0 Å². The number of hydrogen-bond acceptors (Lipinski definition) is 5. The minimum absolute atomic E-state index is 0.0836. The van der Waals surface area contributed by atoms with E-state index in [1.807, 2.05) is 0 Å². The van der Waals surface area contributed by atoms with Crippen LogP contribution in [0.3, 0.4) is 0 Å². The summed E-state index contributed by atoms with van der Waals surface area (Å²) in [5.74, 6) is 1.20. The number of aryl methyl sites for hydroxylation is 2. The summed E-state index contributed by atoms with van der Waals surface area (Å²) >= 11 is 0. The molecule has 1 aromatic heterocycles. The molecule has 112 valence electrons. The second-order valence-corrected chi connectivity index (χ2v) is 4.45. The van der Waals surface area contributed by atoms with Crippen LogP contribution in [-0.4, -0.2) is 48.7 Å². The normalized spacial score (nSPS) is 11.7. The van der Waals surface area contributed by atoms with Crippen molar-refractivity contribution in [2.45, 2.75) is 20.3 Å². The molecule has 1 rings (SSSR count). The second-order valence-electron chi connectivity index (χ2n) is 4.45. The zero-order valence-corrected chi connectivity index (χ0v) is 12.0. The smallest absolute Gasteiger partial charge is 0.257 e. The van der Waals surface area contributed by atoms with E-state index in [0.29, 0.717) is 43.2 Å². The van der Waals surface area contributed by atoms with Crippen LogP contribution < -0.4 is 5.73 Å². The van der Waals surface area contributed by atoms with E-state index in [9.17, 15) is 4.79 Å². The van der Waals surface area contributed by atoms with Gasteiger partial charge in [-0.25, -0.2) is 0 Å². The van der Waals surface area contributed by atoms with Crippen LogP contribution in [0.2, 0.25) is 0 Å².